The van der Waals surface area contributed by atoms with Gasteiger partial charge in [-0.2, -0.15) is 5.48 Å². The van der Waals surface area contributed by atoms with Gasteiger partial charge in [0.15, 0.2) is 5.79 Å². The Balaban J connectivity index is 3.27. The molecule has 0 aromatic carbocycles. The Kier molecular flexibility index (Phi) is 13.5. The summed E-state index contributed by atoms with van der Waals surface area (Å²) in [5, 5.41) is 0. The normalized spacial score (nSPS) is 12.3. The molecule has 21 heavy (non-hydrogen) atoms. The van der Waals surface area contributed by atoms with Gasteiger partial charge < -0.3 is 4.74 Å². The van der Waals surface area contributed by atoms with E-state index in [-0.39, 0.29) is 0 Å². The molecule has 0 unspecified atom stereocenters. The SMILES string of the molecule is CCCCCCCCCCCCOC(C)(C)ONC(C)C. The number of rotatable bonds is 15. The third-order valence-corrected chi connectivity index (χ3v) is 3.49. The Morgan fingerprint density at radius 3 is 1.76 bits per heavy atom. The van der Waals surface area contributed by atoms with Gasteiger partial charge >= 0.3 is 0 Å². The van der Waals surface area contributed by atoms with E-state index in [0.29, 0.717) is 6.04 Å². The van der Waals surface area contributed by atoms with Crippen molar-refractivity contribution in [2.75, 3.05) is 6.61 Å². The molecule has 0 amide bonds. The zero-order chi connectivity index (χ0) is 16.0. The first-order valence-corrected chi connectivity index (χ1v) is 9.05. The highest BCUT2D eigenvalue weighted by molar-refractivity contribution is 4.54. The van der Waals surface area contributed by atoms with Gasteiger partial charge in [-0.1, -0.05) is 64.7 Å². The van der Waals surface area contributed by atoms with Crippen LogP contribution in [0.3, 0.4) is 0 Å². The minimum absolute atomic E-state index is 0.310. The molecule has 0 spiro atoms. The zero-order valence-corrected chi connectivity index (χ0v) is 15.2. The summed E-state index contributed by atoms with van der Waals surface area (Å²) in [4.78, 5) is 5.51. The van der Waals surface area contributed by atoms with E-state index in [1.807, 2.05) is 13.8 Å². The van der Waals surface area contributed by atoms with Crippen molar-refractivity contribution in [2.45, 2.75) is 111 Å². The van der Waals surface area contributed by atoms with Crippen molar-refractivity contribution in [1.29, 1.82) is 0 Å². The quantitative estimate of drug-likeness (QED) is 0.243. The van der Waals surface area contributed by atoms with Gasteiger partial charge in [0.05, 0.1) is 6.61 Å². The molecule has 128 valence electrons. The molecule has 0 aromatic heterocycles. The molecular formula is C18H39NO2. The Hall–Kier alpha value is -0.120. The molecule has 0 saturated heterocycles. The molecule has 0 aliphatic carbocycles. The summed E-state index contributed by atoms with van der Waals surface area (Å²) in [6.45, 7) is 11.1. The monoisotopic (exact) mass is 301 g/mol. The predicted molar refractivity (Wildman–Crippen MR) is 91.2 cm³/mol. The van der Waals surface area contributed by atoms with Crippen LogP contribution in [0.1, 0.15) is 98.8 Å². The van der Waals surface area contributed by atoms with Crippen LogP contribution in [0, 0.1) is 0 Å². The second kappa shape index (κ2) is 13.5. The van der Waals surface area contributed by atoms with Crippen LogP contribution in [0.5, 0.6) is 0 Å². The minimum Gasteiger partial charge on any atom is -0.349 e. The van der Waals surface area contributed by atoms with E-state index in [2.05, 4.69) is 26.3 Å². The van der Waals surface area contributed by atoms with Crippen LogP contribution in [0.15, 0.2) is 0 Å². The first kappa shape index (κ1) is 20.9. The summed E-state index contributed by atoms with van der Waals surface area (Å²) < 4.78 is 5.77. The van der Waals surface area contributed by atoms with Crippen molar-refractivity contribution in [2.24, 2.45) is 0 Å². The third kappa shape index (κ3) is 16.1. The lowest BCUT2D eigenvalue weighted by Gasteiger charge is -2.26. The fourth-order valence-electron chi connectivity index (χ4n) is 2.20. The second-order valence-corrected chi connectivity index (χ2v) is 6.80. The van der Waals surface area contributed by atoms with E-state index in [1.165, 1.54) is 57.8 Å². The highest BCUT2D eigenvalue weighted by Crippen LogP contribution is 2.13. The van der Waals surface area contributed by atoms with Crippen LogP contribution in [-0.2, 0) is 9.57 Å². The van der Waals surface area contributed by atoms with Crippen LogP contribution in [0.25, 0.3) is 0 Å². The molecule has 1 N–H and O–H groups in total. The fraction of sp³-hybridized carbons (Fsp3) is 1.00. The third-order valence-electron chi connectivity index (χ3n) is 3.49. The topological polar surface area (TPSA) is 30.5 Å². The zero-order valence-electron chi connectivity index (χ0n) is 15.2. The molecule has 0 bridgehead atoms. The van der Waals surface area contributed by atoms with Gasteiger partial charge in [-0.15, -0.1) is 0 Å². The second-order valence-electron chi connectivity index (χ2n) is 6.80. The van der Waals surface area contributed by atoms with Crippen LogP contribution in [0.2, 0.25) is 0 Å². The van der Waals surface area contributed by atoms with E-state index in [9.17, 15) is 0 Å². The van der Waals surface area contributed by atoms with Crippen molar-refractivity contribution < 1.29 is 9.57 Å². The molecule has 3 nitrogen and oxygen atoms in total. The lowest BCUT2D eigenvalue weighted by atomic mass is 10.1. The lowest BCUT2D eigenvalue weighted by molar-refractivity contribution is -0.250. The van der Waals surface area contributed by atoms with Crippen molar-refractivity contribution >= 4 is 0 Å². The summed E-state index contributed by atoms with van der Waals surface area (Å²) >= 11 is 0. The first-order valence-electron chi connectivity index (χ1n) is 9.05. The van der Waals surface area contributed by atoms with Gasteiger partial charge in [0.1, 0.15) is 0 Å². The highest BCUT2D eigenvalue weighted by Gasteiger charge is 2.19. The van der Waals surface area contributed by atoms with Gasteiger partial charge in [-0.25, -0.2) is 0 Å². The van der Waals surface area contributed by atoms with Crippen molar-refractivity contribution in [3.63, 3.8) is 0 Å². The molecule has 0 heterocycles. The average molecular weight is 302 g/mol. The van der Waals surface area contributed by atoms with E-state index in [0.717, 1.165) is 13.0 Å². The van der Waals surface area contributed by atoms with Gasteiger partial charge in [0, 0.05) is 6.04 Å². The van der Waals surface area contributed by atoms with Crippen LogP contribution in [-0.4, -0.2) is 18.4 Å². The van der Waals surface area contributed by atoms with Crippen molar-refractivity contribution in [1.82, 2.24) is 5.48 Å². The Morgan fingerprint density at radius 2 is 1.29 bits per heavy atom. The van der Waals surface area contributed by atoms with E-state index < -0.39 is 5.79 Å². The summed E-state index contributed by atoms with van der Waals surface area (Å²) in [7, 11) is 0. The Morgan fingerprint density at radius 1 is 0.810 bits per heavy atom. The van der Waals surface area contributed by atoms with Crippen molar-refractivity contribution in [3.8, 4) is 0 Å². The summed E-state index contributed by atoms with van der Waals surface area (Å²) in [6.07, 6.45) is 13.5. The van der Waals surface area contributed by atoms with Gasteiger partial charge in [0.25, 0.3) is 0 Å². The highest BCUT2D eigenvalue weighted by atomic mass is 16.8. The fourth-order valence-corrected chi connectivity index (χ4v) is 2.20. The van der Waals surface area contributed by atoms with Crippen LogP contribution in [0.4, 0.5) is 0 Å². The summed E-state index contributed by atoms with van der Waals surface area (Å²) in [5.41, 5.74) is 2.95. The van der Waals surface area contributed by atoms with Crippen molar-refractivity contribution in [3.05, 3.63) is 0 Å². The van der Waals surface area contributed by atoms with Gasteiger partial charge in [-0.3, -0.25) is 4.84 Å². The smallest absolute Gasteiger partial charge is 0.181 e. The van der Waals surface area contributed by atoms with Gasteiger partial charge in [-0.05, 0) is 34.1 Å². The number of unbranched alkanes of at least 4 members (excludes halogenated alkanes) is 9. The molecule has 0 aromatic rings. The lowest BCUT2D eigenvalue weighted by Crippen LogP contribution is -2.38. The maximum Gasteiger partial charge on any atom is 0.181 e. The Labute approximate surface area is 133 Å². The summed E-state index contributed by atoms with van der Waals surface area (Å²) in [6, 6.07) is 0.310. The number of hydroxylamine groups is 1. The number of hydrogen-bond donors (Lipinski definition) is 1. The molecular weight excluding hydrogens is 262 g/mol. The first-order chi connectivity index (χ1) is 9.98. The Bertz CT molecular complexity index is 217. The standard InChI is InChI=1S/C18H39NO2/c1-6-7-8-9-10-11-12-13-14-15-16-20-18(4,5)21-19-17(2)3/h17,19H,6-16H2,1-5H3. The molecule has 0 radical (unpaired) electrons. The summed E-state index contributed by atoms with van der Waals surface area (Å²) in [5.74, 6) is -0.538. The molecule has 0 aliphatic rings. The van der Waals surface area contributed by atoms with E-state index in [1.54, 1.807) is 0 Å². The minimum atomic E-state index is -0.538. The van der Waals surface area contributed by atoms with Gasteiger partial charge in [0.2, 0.25) is 0 Å². The average Bonchev–Trinajstić information content (AvgIpc) is 2.43. The number of nitrogens with one attached hydrogen (secondary N) is 1. The maximum absolute atomic E-state index is 5.77. The van der Waals surface area contributed by atoms with Crippen LogP contribution < -0.4 is 5.48 Å². The van der Waals surface area contributed by atoms with E-state index >= 15 is 0 Å². The largest absolute Gasteiger partial charge is 0.349 e. The molecule has 0 rings (SSSR count). The predicted octanol–water partition coefficient (Wildman–Crippen LogP) is 5.59. The molecule has 0 aliphatic heterocycles. The molecule has 0 fully saturated rings. The molecule has 0 saturated carbocycles. The molecule has 0 atom stereocenters. The number of hydrogen-bond acceptors (Lipinski definition) is 3. The maximum atomic E-state index is 5.77. The van der Waals surface area contributed by atoms with E-state index in [4.69, 9.17) is 9.57 Å². The molecule has 3 heteroatoms. The van der Waals surface area contributed by atoms with Crippen LogP contribution >= 0.6 is 0 Å². The number of ether oxygens (including phenoxy) is 1.